The van der Waals surface area contributed by atoms with Crippen molar-refractivity contribution in [1.82, 2.24) is 4.90 Å². The molecule has 1 heteroatoms. The van der Waals surface area contributed by atoms with Gasteiger partial charge in [0.25, 0.3) is 0 Å². The zero-order valence-corrected chi connectivity index (χ0v) is 9.88. The van der Waals surface area contributed by atoms with Gasteiger partial charge in [0, 0.05) is 12.6 Å². The van der Waals surface area contributed by atoms with Crippen molar-refractivity contribution in [2.24, 2.45) is 17.8 Å². The van der Waals surface area contributed by atoms with E-state index in [2.05, 4.69) is 39.6 Å². The van der Waals surface area contributed by atoms with Crippen LogP contribution in [0, 0.1) is 17.8 Å². The first-order chi connectivity index (χ1) is 6.02. The Morgan fingerprint density at radius 1 is 1.15 bits per heavy atom. The highest BCUT2D eigenvalue weighted by molar-refractivity contribution is 4.84. The van der Waals surface area contributed by atoms with E-state index in [9.17, 15) is 0 Å². The average molecular weight is 183 g/mol. The SMILES string of the molecule is CC(C)C1CCC1CN(C)C(C)C. The molecule has 1 saturated carbocycles. The van der Waals surface area contributed by atoms with E-state index in [0.29, 0.717) is 6.04 Å². The summed E-state index contributed by atoms with van der Waals surface area (Å²) in [5, 5.41) is 0. The van der Waals surface area contributed by atoms with Gasteiger partial charge in [-0.05, 0) is 51.5 Å². The van der Waals surface area contributed by atoms with E-state index in [-0.39, 0.29) is 0 Å². The van der Waals surface area contributed by atoms with Crippen LogP contribution >= 0.6 is 0 Å². The van der Waals surface area contributed by atoms with E-state index in [0.717, 1.165) is 17.8 Å². The molecule has 1 nitrogen and oxygen atoms in total. The third kappa shape index (κ3) is 2.70. The van der Waals surface area contributed by atoms with E-state index in [4.69, 9.17) is 0 Å². The van der Waals surface area contributed by atoms with Crippen LogP contribution in [0.25, 0.3) is 0 Å². The van der Waals surface area contributed by atoms with Gasteiger partial charge in [-0.15, -0.1) is 0 Å². The molecule has 2 atom stereocenters. The summed E-state index contributed by atoms with van der Waals surface area (Å²) in [4.78, 5) is 2.49. The van der Waals surface area contributed by atoms with Crippen molar-refractivity contribution in [3.05, 3.63) is 0 Å². The summed E-state index contributed by atoms with van der Waals surface area (Å²) in [7, 11) is 2.25. The predicted octanol–water partition coefficient (Wildman–Crippen LogP) is 3.01. The van der Waals surface area contributed by atoms with Gasteiger partial charge in [0.2, 0.25) is 0 Å². The molecule has 13 heavy (non-hydrogen) atoms. The molecule has 0 aromatic carbocycles. The molecule has 1 aliphatic rings. The second kappa shape index (κ2) is 4.45. The molecule has 1 aliphatic carbocycles. The van der Waals surface area contributed by atoms with E-state index >= 15 is 0 Å². The molecule has 0 aromatic rings. The highest BCUT2D eigenvalue weighted by Gasteiger charge is 2.33. The molecule has 2 unspecified atom stereocenters. The molecular weight excluding hydrogens is 158 g/mol. The average Bonchev–Trinajstić information content (AvgIpc) is 1.95. The largest absolute Gasteiger partial charge is 0.304 e. The van der Waals surface area contributed by atoms with Gasteiger partial charge in [0.05, 0.1) is 0 Å². The Morgan fingerprint density at radius 2 is 1.77 bits per heavy atom. The summed E-state index contributed by atoms with van der Waals surface area (Å²) in [6.07, 6.45) is 2.92. The zero-order chi connectivity index (χ0) is 10.0. The Bertz CT molecular complexity index is 151. The Morgan fingerprint density at radius 3 is 2.08 bits per heavy atom. The summed E-state index contributed by atoms with van der Waals surface area (Å²) in [6.45, 7) is 10.6. The lowest BCUT2D eigenvalue weighted by Gasteiger charge is -2.42. The van der Waals surface area contributed by atoms with Crippen molar-refractivity contribution in [1.29, 1.82) is 0 Å². The van der Waals surface area contributed by atoms with Crippen LogP contribution in [0.2, 0.25) is 0 Å². The Hall–Kier alpha value is -0.0400. The van der Waals surface area contributed by atoms with Gasteiger partial charge in [-0.25, -0.2) is 0 Å². The van der Waals surface area contributed by atoms with Crippen molar-refractivity contribution in [3.63, 3.8) is 0 Å². The standard InChI is InChI=1S/C12H25N/c1-9(2)12-7-6-11(12)8-13(5)10(3)4/h9-12H,6-8H2,1-5H3. The Kier molecular flexibility index (Phi) is 3.78. The normalized spacial score (nSPS) is 28.6. The molecule has 0 radical (unpaired) electrons. The van der Waals surface area contributed by atoms with E-state index < -0.39 is 0 Å². The molecule has 0 spiro atoms. The number of hydrogen-bond donors (Lipinski definition) is 0. The van der Waals surface area contributed by atoms with E-state index in [1.807, 2.05) is 0 Å². The van der Waals surface area contributed by atoms with E-state index in [1.165, 1.54) is 19.4 Å². The summed E-state index contributed by atoms with van der Waals surface area (Å²) < 4.78 is 0. The van der Waals surface area contributed by atoms with Crippen LogP contribution in [0.5, 0.6) is 0 Å². The minimum absolute atomic E-state index is 0.702. The first-order valence-corrected chi connectivity index (χ1v) is 5.72. The molecule has 1 rings (SSSR count). The topological polar surface area (TPSA) is 3.24 Å². The lowest BCUT2D eigenvalue weighted by Crippen LogP contribution is -2.40. The van der Waals surface area contributed by atoms with Crippen molar-refractivity contribution < 1.29 is 0 Å². The molecule has 0 aromatic heterocycles. The van der Waals surface area contributed by atoms with Gasteiger partial charge >= 0.3 is 0 Å². The lowest BCUT2D eigenvalue weighted by atomic mass is 9.68. The Balaban J connectivity index is 2.30. The number of nitrogens with zero attached hydrogens (tertiary/aromatic N) is 1. The summed E-state index contributed by atoms with van der Waals surface area (Å²) in [6, 6.07) is 0.702. The highest BCUT2D eigenvalue weighted by atomic mass is 15.1. The fourth-order valence-corrected chi connectivity index (χ4v) is 2.28. The molecule has 0 aliphatic heterocycles. The van der Waals surface area contributed by atoms with Gasteiger partial charge in [0.15, 0.2) is 0 Å². The maximum Gasteiger partial charge on any atom is 0.00356 e. The fourth-order valence-electron chi connectivity index (χ4n) is 2.28. The molecule has 0 N–H and O–H groups in total. The van der Waals surface area contributed by atoms with Crippen LogP contribution in [-0.2, 0) is 0 Å². The van der Waals surface area contributed by atoms with Crippen LogP contribution in [0.15, 0.2) is 0 Å². The predicted molar refractivity (Wildman–Crippen MR) is 58.8 cm³/mol. The van der Waals surface area contributed by atoms with Crippen LogP contribution in [0.4, 0.5) is 0 Å². The molecular formula is C12H25N. The first kappa shape index (κ1) is 11.0. The van der Waals surface area contributed by atoms with Gasteiger partial charge in [-0.3, -0.25) is 0 Å². The molecule has 0 amide bonds. The third-order valence-electron chi connectivity index (χ3n) is 3.74. The summed E-state index contributed by atoms with van der Waals surface area (Å²) in [5.41, 5.74) is 0. The molecule has 78 valence electrons. The van der Waals surface area contributed by atoms with E-state index in [1.54, 1.807) is 0 Å². The van der Waals surface area contributed by atoms with Crippen LogP contribution < -0.4 is 0 Å². The Labute approximate surface area is 83.5 Å². The summed E-state index contributed by atoms with van der Waals surface area (Å²) >= 11 is 0. The van der Waals surface area contributed by atoms with Gasteiger partial charge in [0.1, 0.15) is 0 Å². The fraction of sp³-hybridized carbons (Fsp3) is 1.00. The maximum atomic E-state index is 2.49. The number of hydrogen-bond acceptors (Lipinski definition) is 1. The second-order valence-electron chi connectivity index (χ2n) is 5.28. The highest BCUT2D eigenvalue weighted by Crippen LogP contribution is 2.39. The van der Waals surface area contributed by atoms with Gasteiger partial charge < -0.3 is 4.90 Å². The second-order valence-corrected chi connectivity index (χ2v) is 5.28. The minimum atomic E-state index is 0.702. The van der Waals surface area contributed by atoms with Crippen molar-refractivity contribution in [3.8, 4) is 0 Å². The van der Waals surface area contributed by atoms with Crippen LogP contribution in [-0.4, -0.2) is 24.5 Å². The molecule has 0 bridgehead atoms. The lowest BCUT2D eigenvalue weighted by molar-refractivity contribution is 0.0752. The zero-order valence-electron chi connectivity index (χ0n) is 9.88. The first-order valence-electron chi connectivity index (χ1n) is 5.72. The smallest absolute Gasteiger partial charge is 0.00356 e. The monoisotopic (exact) mass is 183 g/mol. The molecule has 1 fully saturated rings. The quantitative estimate of drug-likeness (QED) is 0.647. The van der Waals surface area contributed by atoms with Gasteiger partial charge in [-0.2, -0.15) is 0 Å². The summed E-state index contributed by atoms with van der Waals surface area (Å²) in [5.74, 6) is 2.87. The van der Waals surface area contributed by atoms with Crippen LogP contribution in [0.3, 0.4) is 0 Å². The van der Waals surface area contributed by atoms with Crippen molar-refractivity contribution in [2.75, 3.05) is 13.6 Å². The number of rotatable bonds is 4. The van der Waals surface area contributed by atoms with Gasteiger partial charge in [-0.1, -0.05) is 13.8 Å². The minimum Gasteiger partial charge on any atom is -0.304 e. The van der Waals surface area contributed by atoms with Crippen molar-refractivity contribution in [2.45, 2.75) is 46.6 Å². The third-order valence-corrected chi connectivity index (χ3v) is 3.74. The van der Waals surface area contributed by atoms with Crippen LogP contribution in [0.1, 0.15) is 40.5 Å². The maximum absolute atomic E-state index is 2.49. The molecule has 0 saturated heterocycles. The molecule has 0 heterocycles. The van der Waals surface area contributed by atoms with Crippen molar-refractivity contribution >= 4 is 0 Å².